The fourth-order valence-electron chi connectivity index (χ4n) is 2.80. The number of hydrogen-bond donors (Lipinski definition) is 2. The van der Waals surface area contributed by atoms with E-state index in [9.17, 15) is 4.79 Å². The van der Waals surface area contributed by atoms with Crippen molar-refractivity contribution in [3.05, 3.63) is 29.8 Å². The summed E-state index contributed by atoms with van der Waals surface area (Å²) in [6, 6.07) is 8.57. The Morgan fingerprint density at radius 1 is 1.45 bits per heavy atom. The Morgan fingerprint density at radius 2 is 2.15 bits per heavy atom. The van der Waals surface area contributed by atoms with Gasteiger partial charge < -0.3 is 16.0 Å². The highest BCUT2D eigenvalue weighted by Gasteiger charge is 2.25. The number of nitrogens with one attached hydrogen (secondary N) is 1. The van der Waals surface area contributed by atoms with Gasteiger partial charge in [0.05, 0.1) is 5.92 Å². The molecule has 1 fully saturated rings. The van der Waals surface area contributed by atoms with Gasteiger partial charge in [-0.1, -0.05) is 19.1 Å². The van der Waals surface area contributed by atoms with Gasteiger partial charge in [-0.25, -0.2) is 0 Å². The van der Waals surface area contributed by atoms with Crippen LogP contribution in [0.4, 0.5) is 5.69 Å². The molecule has 2 rings (SSSR count). The number of carbonyl (C=O) groups excluding carboxylic acids is 1. The zero-order valence-corrected chi connectivity index (χ0v) is 12.4. The summed E-state index contributed by atoms with van der Waals surface area (Å²) in [6.45, 7) is 3.92. The van der Waals surface area contributed by atoms with Gasteiger partial charge in [0, 0.05) is 31.9 Å². The van der Waals surface area contributed by atoms with Gasteiger partial charge in [0.2, 0.25) is 5.91 Å². The lowest BCUT2D eigenvalue weighted by Gasteiger charge is -2.33. The van der Waals surface area contributed by atoms with Gasteiger partial charge in [0.1, 0.15) is 0 Å². The Hall–Kier alpha value is -1.55. The van der Waals surface area contributed by atoms with Crippen molar-refractivity contribution in [1.29, 1.82) is 0 Å². The molecule has 0 bridgehead atoms. The summed E-state index contributed by atoms with van der Waals surface area (Å²) in [5.41, 5.74) is 8.40. The fraction of sp³-hybridized carbons (Fsp3) is 0.562. The van der Waals surface area contributed by atoms with Gasteiger partial charge in [-0.3, -0.25) is 4.79 Å². The topological polar surface area (TPSA) is 58.4 Å². The first-order chi connectivity index (χ1) is 9.65. The summed E-state index contributed by atoms with van der Waals surface area (Å²) in [6.07, 6.45) is 2.99. The van der Waals surface area contributed by atoms with E-state index >= 15 is 0 Å². The molecule has 0 saturated carbocycles. The maximum absolute atomic E-state index is 11.8. The van der Waals surface area contributed by atoms with Crippen molar-refractivity contribution in [2.45, 2.75) is 32.2 Å². The standard InChI is InChI=1S/C16H25N3O/c1-3-15(17)12-6-8-14(9-7-12)19-10-4-5-13(11-19)16(20)18-2/h6-9,13,15H,3-5,10-11,17H2,1-2H3,(H,18,20)/t13?,15-/m0/s1. The molecule has 4 nitrogen and oxygen atoms in total. The summed E-state index contributed by atoms with van der Waals surface area (Å²) < 4.78 is 0. The van der Waals surface area contributed by atoms with E-state index in [1.807, 2.05) is 0 Å². The predicted molar refractivity (Wildman–Crippen MR) is 82.7 cm³/mol. The summed E-state index contributed by atoms with van der Waals surface area (Å²) in [5, 5.41) is 2.76. The Bertz CT molecular complexity index is 444. The SMILES string of the molecule is CC[C@H](N)c1ccc(N2CCCC(C(=O)NC)C2)cc1. The largest absolute Gasteiger partial charge is 0.371 e. The quantitative estimate of drug-likeness (QED) is 0.884. The van der Waals surface area contributed by atoms with Gasteiger partial charge in [-0.2, -0.15) is 0 Å². The molecular weight excluding hydrogens is 250 g/mol. The second-order valence-corrected chi connectivity index (χ2v) is 5.51. The van der Waals surface area contributed by atoms with Gasteiger partial charge >= 0.3 is 0 Å². The molecule has 20 heavy (non-hydrogen) atoms. The molecule has 3 N–H and O–H groups in total. The van der Waals surface area contributed by atoms with Crippen LogP contribution >= 0.6 is 0 Å². The molecule has 0 spiro atoms. The smallest absolute Gasteiger partial charge is 0.224 e. The molecule has 1 heterocycles. The van der Waals surface area contributed by atoms with E-state index in [0.717, 1.165) is 32.4 Å². The summed E-state index contributed by atoms with van der Waals surface area (Å²) in [5.74, 6) is 0.255. The number of nitrogens with two attached hydrogens (primary N) is 1. The summed E-state index contributed by atoms with van der Waals surface area (Å²) >= 11 is 0. The predicted octanol–water partition coefficient (Wildman–Crippen LogP) is 2.06. The molecule has 110 valence electrons. The molecule has 4 heteroatoms. The van der Waals surface area contributed by atoms with E-state index in [2.05, 4.69) is 41.4 Å². The van der Waals surface area contributed by atoms with Crippen LogP contribution in [0.3, 0.4) is 0 Å². The Kier molecular flexibility index (Phi) is 5.01. The van der Waals surface area contributed by atoms with Crippen molar-refractivity contribution in [2.24, 2.45) is 11.7 Å². The second kappa shape index (κ2) is 6.75. The van der Waals surface area contributed by atoms with Crippen LogP contribution in [-0.4, -0.2) is 26.0 Å². The number of rotatable bonds is 4. The minimum Gasteiger partial charge on any atom is -0.371 e. The average molecular weight is 275 g/mol. The molecule has 1 aromatic rings. The Morgan fingerprint density at radius 3 is 2.75 bits per heavy atom. The third kappa shape index (κ3) is 3.31. The summed E-state index contributed by atoms with van der Waals surface area (Å²) in [4.78, 5) is 14.1. The monoisotopic (exact) mass is 275 g/mol. The van der Waals surface area contributed by atoms with Crippen LogP contribution in [0.15, 0.2) is 24.3 Å². The fourth-order valence-corrected chi connectivity index (χ4v) is 2.80. The first-order valence-electron chi connectivity index (χ1n) is 7.47. The number of carbonyl (C=O) groups is 1. The number of nitrogens with zero attached hydrogens (tertiary/aromatic N) is 1. The Labute approximate surface area is 121 Å². The maximum atomic E-state index is 11.8. The van der Waals surface area contributed by atoms with Crippen molar-refractivity contribution in [3.8, 4) is 0 Å². The molecule has 1 amide bonds. The second-order valence-electron chi connectivity index (χ2n) is 5.51. The van der Waals surface area contributed by atoms with Crippen molar-refractivity contribution in [3.63, 3.8) is 0 Å². The number of piperidine rings is 1. The minimum atomic E-state index is 0.103. The maximum Gasteiger partial charge on any atom is 0.224 e. The van der Waals surface area contributed by atoms with E-state index in [4.69, 9.17) is 5.73 Å². The van der Waals surface area contributed by atoms with Crippen LogP contribution in [0.25, 0.3) is 0 Å². The first kappa shape index (κ1) is 14.9. The van der Waals surface area contributed by atoms with Crippen LogP contribution in [0, 0.1) is 5.92 Å². The van der Waals surface area contributed by atoms with E-state index in [0.29, 0.717) is 0 Å². The van der Waals surface area contributed by atoms with Gasteiger partial charge in [-0.05, 0) is 37.0 Å². The lowest BCUT2D eigenvalue weighted by atomic mass is 9.96. The van der Waals surface area contributed by atoms with Crippen LogP contribution < -0.4 is 16.0 Å². The van der Waals surface area contributed by atoms with Crippen molar-refractivity contribution >= 4 is 11.6 Å². The number of hydrogen-bond acceptors (Lipinski definition) is 3. The van der Waals surface area contributed by atoms with E-state index in [-0.39, 0.29) is 17.9 Å². The van der Waals surface area contributed by atoms with Crippen LogP contribution in [0.5, 0.6) is 0 Å². The molecule has 0 aromatic heterocycles. The third-order valence-electron chi connectivity index (χ3n) is 4.16. The van der Waals surface area contributed by atoms with Crippen LogP contribution in [0.1, 0.15) is 37.8 Å². The number of benzene rings is 1. The van der Waals surface area contributed by atoms with Gasteiger partial charge in [0.25, 0.3) is 0 Å². The molecule has 0 aliphatic carbocycles. The third-order valence-corrected chi connectivity index (χ3v) is 4.16. The van der Waals surface area contributed by atoms with Crippen LogP contribution in [-0.2, 0) is 4.79 Å². The average Bonchev–Trinajstić information content (AvgIpc) is 2.53. The molecule has 0 radical (unpaired) electrons. The molecule has 1 aliphatic rings. The first-order valence-corrected chi connectivity index (χ1v) is 7.47. The number of anilines is 1. The molecular formula is C16H25N3O. The Balaban J connectivity index is 2.05. The van der Waals surface area contributed by atoms with E-state index in [1.54, 1.807) is 7.05 Å². The van der Waals surface area contributed by atoms with Crippen molar-refractivity contribution < 1.29 is 4.79 Å². The minimum absolute atomic E-state index is 0.103. The molecule has 2 atom stereocenters. The van der Waals surface area contributed by atoms with Crippen molar-refractivity contribution in [2.75, 3.05) is 25.0 Å². The molecule has 1 aromatic carbocycles. The van der Waals surface area contributed by atoms with Crippen LogP contribution in [0.2, 0.25) is 0 Å². The van der Waals surface area contributed by atoms with E-state index < -0.39 is 0 Å². The zero-order valence-electron chi connectivity index (χ0n) is 12.4. The molecule has 1 saturated heterocycles. The highest BCUT2D eigenvalue weighted by atomic mass is 16.1. The van der Waals surface area contributed by atoms with Gasteiger partial charge in [0.15, 0.2) is 0 Å². The number of amides is 1. The lowest BCUT2D eigenvalue weighted by molar-refractivity contribution is -0.124. The van der Waals surface area contributed by atoms with Gasteiger partial charge in [-0.15, -0.1) is 0 Å². The summed E-state index contributed by atoms with van der Waals surface area (Å²) in [7, 11) is 1.71. The highest BCUT2D eigenvalue weighted by molar-refractivity contribution is 5.79. The highest BCUT2D eigenvalue weighted by Crippen LogP contribution is 2.25. The molecule has 1 aliphatic heterocycles. The lowest BCUT2D eigenvalue weighted by Crippen LogP contribution is -2.42. The van der Waals surface area contributed by atoms with Crippen molar-refractivity contribution in [1.82, 2.24) is 5.32 Å². The van der Waals surface area contributed by atoms with E-state index in [1.165, 1.54) is 11.3 Å². The molecule has 1 unspecified atom stereocenters. The normalized spacial score (nSPS) is 20.6. The zero-order chi connectivity index (χ0) is 14.5.